The van der Waals surface area contributed by atoms with Gasteiger partial charge in [0.1, 0.15) is 5.37 Å². The smallest absolute Gasteiger partial charge is 0.164 e. The lowest BCUT2D eigenvalue weighted by molar-refractivity contribution is 0.104. The number of nitrogens with zero attached hydrogens (tertiary/aromatic N) is 1. The van der Waals surface area contributed by atoms with Crippen LogP contribution in [0.2, 0.25) is 0 Å². The summed E-state index contributed by atoms with van der Waals surface area (Å²) >= 11 is 1.75. The summed E-state index contributed by atoms with van der Waals surface area (Å²) in [5, 5.41) is -0.341. The van der Waals surface area contributed by atoms with Crippen molar-refractivity contribution in [3.05, 3.63) is 0 Å². The first-order valence-electron chi connectivity index (χ1n) is 7.66. The molecule has 0 aromatic rings. The molecule has 0 amide bonds. The minimum Gasteiger partial charge on any atom is -0.329 e. The highest BCUT2D eigenvalue weighted by Crippen LogP contribution is 2.35. The fourth-order valence-corrected chi connectivity index (χ4v) is 6.70. The van der Waals surface area contributed by atoms with Gasteiger partial charge < -0.3 is 5.73 Å². The van der Waals surface area contributed by atoms with Gasteiger partial charge in [-0.3, -0.25) is 4.90 Å². The second kappa shape index (κ2) is 6.99. The third-order valence-electron chi connectivity index (χ3n) is 4.81. The molecule has 0 aromatic carbocycles. The van der Waals surface area contributed by atoms with Crippen molar-refractivity contribution in [3.63, 3.8) is 0 Å². The molecule has 20 heavy (non-hydrogen) atoms. The highest BCUT2D eigenvalue weighted by Gasteiger charge is 2.38. The molecule has 4 nitrogen and oxygen atoms in total. The van der Waals surface area contributed by atoms with Crippen LogP contribution in [-0.2, 0) is 9.84 Å². The van der Waals surface area contributed by atoms with Crippen molar-refractivity contribution < 1.29 is 8.42 Å². The molecule has 1 aliphatic heterocycles. The number of thioether (sulfide) groups is 1. The van der Waals surface area contributed by atoms with Crippen LogP contribution in [0.3, 0.4) is 0 Å². The molecule has 118 valence electrons. The minimum atomic E-state index is -3.03. The third kappa shape index (κ3) is 3.90. The average Bonchev–Trinajstić information content (AvgIpc) is 2.39. The minimum absolute atomic E-state index is 0.235. The second-order valence-electron chi connectivity index (χ2n) is 6.43. The van der Waals surface area contributed by atoms with Crippen LogP contribution >= 0.6 is 11.8 Å². The Morgan fingerprint density at radius 1 is 1.40 bits per heavy atom. The number of sulfone groups is 1. The molecule has 2 fully saturated rings. The Hall–Kier alpha value is 0.220. The largest absolute Gasteiger partial charge is 0.329 e. The number of nitrogens with two attached hydrogens (primary N) is 1. The van der Waals surface area contributed by atoms with Gasteiger partial charge in [0.2, 0.25) is 0 Å². The molecule has 0 spiro atoms. The summed E-state index contributed by atoms with van der Waals surface area (Å²) in [7, 11) is -3.03. The highest BCUT2D eigenvalue weighted by molar-refractivity contribution is 8.00. The summed E-state index contributed by atoms with van der Waals surface area (Å²) in [6.45, 7) is 3.74. The van der Waals surface area contributed by atoms with Crippen LogP contribution in [-0.4, -0.2) is 55.6 Å². The summed E-state index contributed by atoms with van der Waals surface area (Å²) in [5.74, 6) is 3.03. The van der Waals surface area contributed by atoms with E-state index in [0.717, 1.165) is 18.2 Å². The Morgan fingerprint density at radius 3 is 2.75 bits per heavy atom. The number of hydrogen-bond donors (Lipinski definition) is 1. The Labute approximate surface area is 127 Å². The molecule has 2 N–H and O–H groups in total. The quantitative estimate of drug-likeness (QED) is 0.852. The first-order chi connectivity index (χ1) is 9.43. The van der Waals surface area contributed by atoms with Gasteiger partial charge in [-0.25, -0.2) is 8.42 Å². The van der Waals surface area contributed by atoms with Crippen LogP contribution < -0.4 is 5.73 Å². The van der Waals surface area contributed by atoms with Crippen molar-refractivity contribution >= 4 is 21.6 Å². The van der Waals surface area contributed by atoms with E-state index < -0.39 is 9.84 Å². The van der Waals surface area contributed by atoms with E-state index in [4.69, 9.17) is 5.73 Å². The SMILES string of the molecule is CC1CCCC(C(CN)N2CCSCC2S(C)(=O)=O)C1. The van der Waals surface area contributed by atoms with Crippen molar-refractivity contribution in [3.8, 4) is 0 Å². The van der Waals surface area contributed by atoms with E-state index in [2.05, 4.69) is 11.8 Å². The molecule has 4 unspecified atom stereocenters. The van der Waals surface area contributed by atoms with Gasteiger partial charge in [0.05, 0.1) is 0 Å². The number of hydrogen-bond acceptors (Lipinski definition) is 5. The molecule has 1 saturated carbocycles. The van der Waals surface area contributed by atoms with Gasteiger partial charge in [0.15, 0.2) is 9.84 Å². The zero-order chi connectivity index (χ0) is 14.8. The zero-order valence-electron chi connectivity index (χ0n) is 12.6. The second-order valence-corrected chi connectivity index (χ2v) is 9.78. The van der Waals surface area contributed by atoms with Gasteiger partial charge in [-0.2, -0.15) is 11.8 Å². The standard InChI is InChI=1S/C14H28N2O2S2/c1-11-4-3-5-12(8-11)13(9-15)16-6-7-19-10-14(16)20(2,17)18/h11-14H,3-10,15H2,1-2H3. The molecule has 4 atom stereocenters. The Morgan fingerprint density at radius 2 is 2.15 bits per heavy atom. The Bertz CT molecular complexity index is 413. The molecular formula is C14H28N2O2S2. The summed E-state index contributed by atoms with van der Waals surface area (Å²) < 4.78 is 24.1. The van der Waals surface area contributed by atoms with Crippen LogP contribution in [0.4, 0.5) is 0 Å². The van der Waals surface area contributed by atoms with Gasteiger partial charge in [0.25, 0.3) is 0 Å². The monoisotopic (exact) mass is 320 g/mol. The van der Waals surface area contributed by atoms with Gasteiger partial charge in [-0.1, -0.05) is 19.8 Å². The maximum absolute atomic E-state index is 12.1. The van der Waals surface area contributed by atoms with Crippen LogP contribution in [0.15, 0.2) is 0 Å². The maximum Gasteiger partial charge on any atom is 0.164 e. The van der Waals surface area contributed by atoms with Gasteiger partial charge in [0, 0.05) is 36.9 Å². The van der Waals surface area contributed by atoms with Crippen LogP contribution in [0, 0.1) is 11.8 Å². The third-order valence-corrected chi connectivity index (χ3v) is 7.47. The first-order valence-corrected chi connectivity index (χ1v) is 10.8. The molecule has 6 heteroatoms. The predicted octanol–water partition coefficient (Wildman–Crippen LogP) is 1.56. The van der Waals surface area contributed by atoms with E-state index in [9.17, 15) is 8.42 Å². The normalized spacial score (nSPS) is 34.9. The lowest BCUT2D eigenvalue weighted by Gasteiger charge is -2.44. The summed E-state index contributed by atoms with van der Waals surface area (Å²) in [5.41, 5.74) is 6.04. The zero-order valence-corrected chi connectivity index (χ0v) is 14.3. The van der Waals surface area contributed by atoms with Crippen molar-refractivity contribution in [2.75, 3.05) is 30.9 Å². The molecule has 0 radical (unpaired) electrons. The lowest BCUT2D eigenvalue weighted by Crippen LogP contribution is -2.57. The van der Waals surface area contributed by atoms with Crippen molar-refractivity contribution in [1.82, 2.24) is 4.90 Å². The Balaban J connectivity index is 2.15. The van der Waals surface area contributed by atoms with Crippen molar-refractivity contribution in [2.45, 2.75) is 44.0 Å². The van der Waals surface area contributed by atoms with Crippen LogP contribution in [0.25, 0.3) is 0 Å². The molecule has 1 saturated heterocycles. The van der Waals surface area contributed by atoms with E-state index in [-0.39, 0.29) is 11.4 Å². The van der Waals surface area contributed by atoms with Crippen LogP contribution in [0.1, 0.15) is 32.6 Å². The fraction of sp³-hybridized carbons (Fsp3) is 1.00. The van der Waals surface area contributed by atoms with Gasteiger partial charge >= 0.3 is 0 Å². The van der Waals surface area contributed by atoms with E-state index in [1.807, 2.05) is 0 Å². The topological polar surface area (TPSA) is 63.4 Å². The van der Waals surface area contributed by atoms with E-state index in [1.165, 1.54) is 31.9 Å². The molecule has 2 aliphatic rings. The fourth-order valence-electron chi connectivity index (χ4n) is 3.77. The average molecular weight is 321 g/mol. The summed E-state index contributed by atoms with van der Waals surface area (Å²) in [6, 6.07) is 0.235. The maximum atomic E-state index is 12.1. The highest BCUT2D eigenvalue weighted by atomic mass is 32.2. The van der Waals surface area contributed by atoms with Gasteiger partial charge in [-0.15, -0.1) is 0 Å². The first kappa shape index (κ1) is 16.6. The molecule has 1 aliphatic carbocycles. The lowest BCUT2D eigenvalue weighted by atomic mass is 9.78. The molecule has 0 bridgehead atoms. The number of rotatable bonds is 4. The van der Waals surface area contributed by atoms with Crippen molar-refractivity contribution in [2.24, 2.45) is 17.6 Å². The van der Waals surface area contributed by atoms with Gasteiger partial charge in [-0.05, 0) is 24.7 Å². The molecular weight excluding hydrogens is 292 g/mol. The summed E-state index contributed by atoms with van der Waals surface area (Å²) in [4.78, 5) is 2.20. The summed E-state index contributed by atoms with van der Waals surface area (Å²) in [6.07, 6.45) is 6.33. The Kier molecular flexibility index (Phi) is 5.79. The molecule has 2 rings (SSSR count). The molecule has 0 aromatic heterocycles. The van der Waals surface area contributed by atoms with E-state index in [1.54, 1.807) is 11.8 Å². The van der Waals surface area contributed by atoms with E-state index in [0.29, 0.717) is 18.2 Å². The van der Waals surface area contributed by atoms with Crippen molar-refractivity contribution in [1.29, 1.82) is 0 Å². The molecule has 1 heterocycles. The predicted molar refractivity (Wildman–Crippen MR) is 86.6 cm³/mol. The van der Waals surface area contributed by atoms with Crippen LogP contribution in [0.5, 0.6) is 0 Å². The van der Waals surface area contributed by atoms with E-state index >= 15 is 0 Å².